The van der Waals surface area contributed by atoms with Gasteiger partial charge in [-0.2, -0.15) is 5.10 Å². The van der Waals surface area contributed by atoms with Gasteiger partial charge in [-0.1, -0.05) is 23.7 Å². The lowest BCUT2D eigenvalue weighted by Crippen LogP contribution is -2.47. The van der Waals surface area contributed by atoms with E-state index in [1.54, 1.807) is 23.2 Å². The van der Waals surface area contributed by atoms with Crippen molar-refractivity contribution in [2.75, 3.05) is 13.1 Å². The zero-order chi connectivity index (χ0) is 17.8. The van der Waals surface area contributed by atoms with Gasteiger partial charge in [0.15, 0.2) is 0 Å². The molecule has 1 atom stereocenters. The van der Waals surface area contributed by atoms with Crippen LogP contribution in [0.5, 0.6) is 0 Å². The molecule has 0 unspecified atom stereocenters. The number of hydrogen-bond acceptors (Lipinski definition) is 3. The predicted octanol–water partition coefficient (Wildman–Crippen LogP) is 2.14. The lowest BCUT2D eigenvalue weighted by atomic mass is 9.98. The average molecular weight is 362 g/mol. The van der Waals surface area contributed by atoms with Crippen LogP contribution in [0, 0.1) is 5.92 Å². The number of rotatable bonds is 4. The Bertz CT molecular complexity index is 759. The van der Waals surface area contributed by atoms with E-state index in [1.807, 2.05) is 12.1 Å². The maximum Gasteiger partial charge on any atom is 0.317 e. The Morgan fingerprint density at radius 2 is 2.12 bits per heavy atom. The second kappa shape index (κ2) is 7.57. The number of nitrogens with zero attached hydrogens (tertiary/aromatic N) is 2. The molecule has 3 rings (SSSR count). The van der Waals surface area contributed by atoms with Gasteiger partial charge < -0.3 is 16.0 Å². The fraction of sp³-hybridized carbons (Fsp3) is 0.353. The molecule has 2 heterocycles. The highest BCUT2D eigenvalue weighted by atomic mass is 35.5. The van der Waals surface area contributed by atoms with Crippen molar-refractivity contribution < 1.29 is 9.59 Å². The molecule has 4 N–H and O–H groups in total. The highest BCUT2D eigenvalue weighted by Gasteiger charge is 2.26. The molecule has 132 valence electrons. The number of piperidine rings is 1. The van der Waals surface area contributed by atoms with E-state index < -0.39 is 0 Å². The van der Waals surface area contributed by atoms with Gasteiger partial charge in [-0.25, -0.2) is 4.79 Å². The van der Waals surface area contributed by atoms with Crippen LogP contribution in [0.15, 0.2) is 30.5 Å². The number of amides is 3. The van der Waals surface area contributed by atoms with Crippen molar-refractivity contribution in [3.63, 3.8) is 0 Å². The molecular formula is C17H20ClN5O2. The summed E-state index contributed by atoms with van der Waals surface area (Å²) >= 11 is 5.91. The average Bonchev–Trinajstić information content (AvgIpc) is 3.09. The number of nitrogens with two attached hydrogens (primary N) is 1. The highest BCUT2D eigenvalue weighted by molar-refractivity contribution is 6.30. The number of halogens is 1. The summed E-state index contributed by atoms with van der Waals surface area (Å²) in [4.78, 5) is 25.3. The summed E-state index contributed by atoms with van der Waals surface area (Å²) in [6.45, 7) is 1.34. The number of hydrogen-bond donors (Lipinski definition) is 3. The lowest BCUT2D eigenvalue weighted by Gasteiger charge is -2.31. The minimum Gasteiger partial charge on any atom is -0.369 e. The molecule has 0 bridgehead atoms. The van der Waals surface area contributed by atoms with Gasteiger partial charge in [0, 0.05) is 30.2 Å². The van der Waals surface area contributed by atoms with E-state index in [0.717, 1.165) is 29.7 Å². The van der Waals surface area contributed by atoms with Crippen molar-refractivity contribution in [3.05, 3.63) is 41.0 Å². The van der Waals surface area contributed by atoms with Crippen molar-refractivity contribution in [3.8, 4) is 11.3 Å². The molecule has 1 fully saturated rings. The van der Waals surface area contributed by atoms with E-state index in [-0.39, 0.29) is 17.9 Å². The van der Waals surface area contributed by atoms with E-state index in [1.165, 1.54) is 0 Å². The number of aromatic amines is 1. The van der Waals surface area contributed by atoms with Crippen molar-refractivity contribution in [1.29, 1.82) is 0 Å². The van der Waals surface area contributed by atoms with E-state index in [9.17, 15) is 9.59 Å². The van der Waals surface area contributed by atoms with Gasteiger partial charge in [-0.05, 0) is 30.5 Å². The summed E-state index contributed by atoms with van der Waals surface area (Å²) in [6, 6.07) is 7.19. The maximum absolute atomic E-state index is 12.4. The molecule has 2 aromatic rings. The Morgan fingerprint density at radius 1 is 1.36 bits per heavy atom. The summed E-state index contributed by atoms with van der Waals surface area (Å²) in [5, 5.41) is 10.6. The van der Waals surface area contributed by atoms with E-state index in [2.05, 4.69) is 15.5 Å². The molecule has 1 aromatic heterocycles. The van der Waals surface area contributed by atoms with Crippen molar-refractivity contribution in [1.82, 2.24) is 20.4 Å². The van der Waals surface area contributed by atoms with Gasteiger partial charge in [0.25, 0.3) is 0 Å². The Kier molecular flexibility index (Phi) is 5.23. The molecule has 1 aliphatic rings. The summed E-state index contributed by atoms with van der Waals surface area (Å²) in [7, 11) is 0. The second-order valence-electron chi connectivity index (χ2n) is 6.12. The fourth-order valence-electron chi connectivity index (χ4n) is 2.99. The predicted molar refractivity (Wildman–Crippen MR) is 94.8 cm³/mol. The number of urea groups is 1. The molecule has 0 radical (unpaired) electrons. The normalized spacial score (nSPS) is 17.3. The quantitative estimate of drug-likeness (QED) is 0.777. The number of carbonyl (C=O) groups is 2. The maximum atomic E-state index is 12.4. The molecule has 3 amide bonds. The molecule has 0 aliphatic carbocycles. The summed E-state index contributed by atoms with van der Waals surface area (Å²) in [5.41, 5.74) is 8.01. The van der Waals surface area contributed by atoms with Crippen LogP contribution in [0.2, 0.25) is 5.02 Å². The SMILES string of the molecule is NC(=O)[C@@H]1CCCN(C(=O)NCc2cn[nH]c2-c2ccc(Cl)cc2)C1. The first-order chi connectivity index (χ1) is 12.0. The third-order valence-corrected chi connectivity index (χ3v) is 4.64. The van der Waals surface area contributed by atoms with Crippen LogP contribution in [0.4, 0.5) is 4.79 Å². The van der Waals surface area contributed by atoms with Crippen LogP contribution < -0.4 is 11.1 Å². The zero-order valence-corrected chi connectivity index (χ0v) is 14.4. The number of nitrogens with one attached hydrogen (secondary N) is 2. The second-order valence-corrected chi connectivity index (χ2v) is 6.56. The molecule has 25 heavy (non-hydrogen) atoms. The Morgan fingerprint density at radius 3 is 2.84 bits per heavy atom. The van der Waals surface area contributed by atoms with Gasteiger partial charge in [0.2, 0.25) is 5.91 Å². The van der Waals surface area contributed by atoms with Gasteiger partial charge in [-0.3, -0.25) is 9.89 Å². The van der Waals surface area contributed by atoms with Crippen molar-refractivity contribution in [2.45, 2.75) is 19.4 Å². The molecule has 0 saturated carbocycles. The molecule has 0 spiro atoms. The third-order valence-electron chi connectivity index (χ3n) is 4.39. The van der Waals surface area contributed by atoms with Crippen molar-refractivity contribution in [2.24, 2.45) is 11.7 Å². The standard InChI is InChI=1S/C17H20ClN5O2/c18-14-5-3-11(4-6-14)15-13(9-21-22-15)8-20-17(25)23-7-1-2-12(10-23)16(19)24/h3-6,9,12H,1-2,7-8,10H2,(H2,19,24)(H,20,25)(H,21,22)/t12-/m1/s1. The van der Waals surface area contributed by atoms with Crippen LogP contribution in [-0.2, 0) is 11.3 Å². The largest absolute Gasteiger partial charge is 0.369 e. The molecule has 1 saturated heterocycles. The summed E-state index contributed by atoms with van der Waals surface area (Å²) in [6.07, 6.45) is 3.21. The Balaban J connectivity index is 1.62. The van der Waals surface area contributed by atoms with E-state index in [4.69, 9.17) is 17.3 Å². The van der Waals surface area contributed by atoms with Crippen LogP contribution >= 0.6 is 11.6 Å². The number of H-pyrrole nitrogens is 1. The first-order valence-corrected chi connectivity index (χ1v) is 8.52. The molecule has 8 heteroatoms. The zero-order valence-electron chi connectivity index (χ0n) is 13.7. The topological polar surface area (TPSA) is 104 Å². The van der Waals surface area contributed by atoms with Crippen LogP contribution in [0.1, 0.15) is 18.4 Å². The first kappa shape index (κ1) is 17.3. The Labute approximate surface area is 150 Å². The van der Waals surface area contributed by atoms with Gasteiger partial charge in [-0.15, -0.1) is 0 Å². The number of likely N-dealkylation sites (tertiary alicyclic amines) is 1. The van der Waals surface area contributed by atoms with E-state index >= 15 is 0 Å². The molecule has 1 aromatic carbocycles. The highest BCUT2D eigenvalue weighted by Crippen LogP contribution is 2.23. The molecule has 1 aliphatic heterocycles. The smallest absolute Gasteiger partial charge is 0.317 e. The first-order valence-electron chi connectivity index (χ1n) is 8.15. The molecule has 7 nitrogen and oxygen atoms in total. The number of primary amides is 1. The number of aromatic nitrogens is 2. The fourth-order valence-corrected chi connectivity index (χ4v) is 3.11. The van der Waals surface area contributed by atoms with Crippen LogP contribution in [0.25, 0.3) is 11.3 Å². The molecular weight excluding hydrogens is 342 g/mol. The third kappa shape index (κ3) is 4.11. The summed E-state index contributed by atoms with van der Waals surface area (Å²) < 4.78 is 0. The van der Waals surface area contributed by atoms with Crippen LogP contribution in [-0.4, -0.2) is 40.1 Å². The minimum atomic E-state index is -0.350. The summed E-state index contributed by atoms with van der Waals surface area (Å²) in [5.74, 6) is -0.615. The van der Waals surface area contributed by atoms with Crippen molar-refractivity contribution >= 4 is 23.5 Å². The number of benzene rings is 1. The minimum absolute atomic E-state index is 0.200. The lowest BCUT2D eigenvalue weighted by molar-refractivity contribution is -0.123. The number of carbonyl (C=O) groups excluding carboxylic acids is 2. The monoisotopic (exact) mass is 361 g/mol. The van der Waals surface area contributed by atoms with Gasteiger partial charge in [0.05, 0.1) is 17.8 Å². The van der Waals surface area contributed by atoms with E-state index in [0.29, 0.717) is 24.7 Å². The Hall–Kier alpha value is -2.54. The van der Waals surface area contributed by atoms with Crippen LogP contribution in [0.3, 0.4) is 0 Å². The van der Waals surface area contributed by atoms with Gasteiger partial charge >= 0.3 is 6.03 Å². The van der Waals surface area contributed by atoms with Gasteiger partial charge in [0.1, 0.15) is 0 Å².